The molecular weight excluding hydrogens is 299 g/mol. The van der Waals surface area contributed by atoms with Crippen molar-refractivity contribution in [3.8, 4) is 0 Å². The van der Waals surface area contributed by atoms with E-state index in [0.717, 1.165) is 0 Å². The first-order chi connectivity index (χ1) is 7.41. The predicted molar refractivity (Wildman–Crippen MR) is 61.8 cm³/mol. The molecule has 1 aromatic rings. The van der Waals surface area contributed by atoms with E-state index < -0.39 is 24.3 Å². The van der Waals surface area contributed by atoms with Gasteiger partial charge in [0, 0.05) is 4.47 Å². The summed E-state index contributed by atoms with van der Waals surface area (Å²) in [4.78, 5) is 21.4. The minimum atomic E-state index is -1.18. The molecule has 0 saturated carbocycles. The number of aliphatic carboxylic acids is 2. The zero-order chi connectivity index (χ0) is 12.3. The number of carbonyl (C=O) groups is 2. The van der Waals surface area contributed by atoms with Gasteiger partial charge in [-0.05, 0) is 33.6 Å². The highest BCUT2D eigenvalue weighted by Crippen LogP contribution is 2.28. The summed E-state index contributed by atoms with van der Waals surface area (Å²) in [6.07, 6.45) is -0.465. The van der Waals surface area contributed by atoms with Gasteiger partial charge in [0.15, 0.2) is 0 Å². The van der Waals surface area contributed by atoms with Crippen molar-refractivity contribution < 1.29 is 19.8 Å². The zero-order valence-corrected chi connectivity index (χ0v) is 10.3. The van der Waals surface area contributed by atoms with Crippen LogP contribution in [0.3, 0.4) is 0 Å². The van der Waals surface area contributed by atoms with Gasteiger partial charge in [0.25, 0.3) is 0 Å². The maximum absolute atomic E-state index is 10.9. The molecule has 0 spiro atoms. The number of rotatable bonds is 4. The van der Waals surface area contributed by atoms with Crippen LogP contribution in [0.2, 0.25) is 5.02 Å². The summed E-state index contributed by atoms with van der Waals surface area (Å²) in [5.41, 5.74) is 0.378. The van der Waals surface area contributed by atoms with Crippen LogP contribution in [-0.4, -0.2) is 22.2 Å². The van der Waals surface area contributed by atoms with Crippen LogP contribution in [-0.2, 0) is 9.59 Å². The van der Waals surface area contributed by atoms with Gasteiger partial charge in [-0.2, -0.15) is 0 Å². The Kier molecular flexibility index (Phi) is 4.32. The molecule has 0 aliphatic rings. The van der Waals surface area contributed by atoms with Gasteiger partial charge in [-0.25, -0.2) is 0 Å². The van der Waals surface area contributed by atoms with Crippen LogP contribution in [0.25, 0.3) is 0 Å². The summed E-state index contributed by atoms with van der Waals surface area (Å²) in [6, 6.07) is 4.58. The van der Waals surface area contributed by atoms with Crippen LogP contribution in [0.5, 0.6) is 0 Å². The highest BCUT2D eigenvalue weighted by Gasteiger charge is 2.23. The van der Waals surface area contributed by atoms with Crippen molar-refractivity contribution in [2.45, 2.75) is 12.3 Å². The lowest BCUT2D eigenvalue weighted by Gasteiger charge is -2.10. The number of carboxylic acid groups (broad SMARTS) is 2. The Balaban J connectivity index is 3.06. The molecule has 1 aromatic carbocycles. The molecule has 0 radical (unpaired) electrons. The topological polar surface area (TPSA) is 74.6 Å². The fraction of sp³-hybridized carbons (Fsp3) is 0.200. The fourth-order valence-electron chi connectivity index (χ4n) is 1.25. The third kappa shape index (κ3) is 3.21. The summed E-state index contributed by atoms with van der Waals surface area (Å²) >= 11 is 8.98. The summed E-state index contributed by atoms with van der Waals surface area (Å²) in [5.74, 6) is -3.42. The van der Waals surface area contributed by atoms with Crippen molar-refractivity contribution in [2.24, 2.45) is 0 Å². The van der Waals surface area contributed by atoms with Gasteiger partial charge < -0.3 is 10.2 Å². The highest BCUT2D eigenvalue weighted by atomic mass is 79.9. The molecule has 0 amide bonds. The van der Waals surface area contributed by atoms with E-state index in [-0.39, 0.29) is 0 Å². The van der Waals surface area contributed by atoms with E-state index in [9.17, 15) is 9.59 Å². The van der Waals surface area contributed by atoms with Crippen molar-refractivity contribution >= 4 is 39.5 Å². The summed E-state index contributed by atoms with van der Waals surface area (Å²) in [6.45, 7) is 0. The molecule has 0 fully saturated rings. The smallest absolute Gasteiger partial charge is 0.311 e. The molecule has 0 aliphatic carbocycles. The average molecular weight is 308 g/mol. The van der Waals surface area contributed by atoms with Gasteiger partial charge in [-0.1, -0.05) is 17.7 Å². The Morgan fingerprint density at radius 3 is 2.44 bits per heavy atom. The summed E-state index contributed by atoms with van der Waals surface area (Å²) in [5, 5.41) is 17.9. The number of halogens is 2. The minimum Gasteiger partial charge on any atom is -0.481 e. The molecule has 1 atom stereocenters. The maximum Gasteiger partial charge on any atom is 0.311 e. The van der Waals surface area contributed by atoms with Crippen molar-refractivity contribution in [2.75, 3.05) is 0 Å². The number of benzene rings is 1. The summed E-state index contributed by atoms with van der Waals surface area (Å²) in [7, 11) is 0. The number of hydrogen-bond donors (Lipinski definition) is 2. The van der Waals surface area contributed by atoms with Crippen LogP contribution >= 0.6 is 27.5 Å². The Morgan fingerprint density at radius 1 is 1.38 bits per heavy atom. The standard InChI is InChI=1S/C10H8BrClO4/c11-7-2-1-5(3-8(7)12)6(10(15)16)4-9(13)14/h1-3,6H,4H2,(H,13,14)(H,15,16). The molecule has 6 heteroatoms. The van der Waals surface area contributed by atoms with Crippen molar-refractivity contribution in [3.05, 3.63) is 33.3 Å². The normalized spacial score (nSPS) is 12.1. The number of carboxylic acids is 2. The molecule has 1 unspecified atom stereocenters. The van der Waals surface area contributed by atoms with E-state index in [2.05, 4.69) is 15.9 Å². The molecule has 2 N–H and O–H groups in total. The van der Waals surface area contributed by atoms with Gasteiger partial charge in [0.2, 0.25) is 0 Å². The molecular formula is C10H8BrClO4. The van der Waals surface area contributed by atoms with Crippen molar-refractivity contribution in [1.82, 2.24) is 0 Å². The fourth-order valence-corrected chi connectivity index (χ4v) is 1.69. The lowest BCUT2D eigenvalue weighted by atomic mass is 9.96. The first-order valence-electron chi connectivity index (χ1n) is 4.31. The SMILES string of the molecule is O=C(O)CC(C(=O)O)c1ccc(Br)c(Cl)c1. The third-order valence-electron chi connectivity index (χ3n) is 2.02. The molecule has 4 nitrogen and oxygen atoms in total. The molecule has 1 rings (SSSR count). The molecule has 0 bridgehead atoms. The predicted octanol–water partition coefficient (Wildman–Crippen LogP) is 2.75. The van der Waals surface area contributed by atoms with Gasteiger partial charge in [-0.3, -0.25) is 9.59 Å². The van der Waals surface area contributed by atoms with Crippen LogP contribution in [0.15, 0.2) is 22.7 Å². The molecule has 0 aromatic heterocycles. The average Bonchev–Trinajstić information content (AvgIpc) is 2.18. The zero-order valence-electron chi connectivity index (χ0n) is 7.98. The lowest BCUT2D eigenvalue weighted by molar-refractivity contribution is -0.145. The van der Waals surface area contributed by atoms with Crippen LogP contribution in [0.4, 0.5) is 0 Å². The van der Waals surface area contributed by atoms with Crippen molar-refractivity contribution in [1.29, 1.82) is 0 Å². The van der Waals surface area contributed by atoms with E-state index in [1.165, 1.54) is 12.1 Å². The second-order valence-corrected chi connectivity index (χ2v) is 4.42. The maximum atomic E-state index is 10.9. The van der Waals surface area contributed by atoms with E-state index >= 15 is 0 Å². The lowest BCUT2D eigenvalue weighted by Crippen LogP contribution is -2.15. The Labute approximate surface area is 105 Å². The molecule has 16 heavy (non-hydrogen) atoms. The first-order valence-corrected chi connectivity index (χ1v) is 5.48. The Bertz CT molecular complexity index is 433. The van der Waals surface area contributed by atoms with Crippen molar-refractivity contribution in [3.63, 3.8) is 0 Å². The monoisotopic (exact) mass is 306 g/mol. The highest BCUT2D eigenvalue weighted by molar-refractivity contribution is 9.10. The number of hydrogen-bond acceptors (Lipinski definition) is 2. The molecule has 0 aliphatic heterocycles. The first kappa shape index (κ1) is 13.0. The second-order valence-electron chi connectivity index (χ2n) is 3.16. The largest absolute Gasteiger partial charge is 0.481 e. The van der Waals surface area contributed by atoms with Gasteiger partial charge in [0.05, 0.1) is 17.4 Å². The van der Waals surface area contributed by atoms with Gasteiger partial charge in [0.1, 0.15) is 0 Å². The van der Waals surface area contributed by atoms with E-state index in [1.807, 2.05) is 0 Å². The van der Waals surface area contributed by atoms with Crippen LogP contribution in [0.1, 0.15) is 17.9 Å². The van der Waals surface area contributed by atoms with E-state index in [4.69, 9.17) is 21.8 Å². The second kappa shape index (κ2) is 5.32. The van der Waals surface area contributed by atoms with E-state index in [1.54, 1.807) is 6.07 Å². The molecule has 0 heterocycles. The van der Waals surface area contributed by atoms with Crippen LogP contribution in [0, 0.1) is 0 Å². The third-order valence-corrected chi connectivity index (χ3v) is 3.26. The molecule has 86 valence electrons. The Morgan fingerprint density at radius 2 is 2.00 bits per heavy atom. The van der Waals surface area contributed by atoms with Gasteiger partial charge in [-0.15, -0.1) is 0 Å². The summed E-state index contributed by atoms with van der Waals surface area (Å²) < 4.78 is 0.636. The van der Waals surface area contributed by atoms with Gasteiger partial charge >= 0.3 is 11.9 Å². The minimum absolute atomic E-state index is 0.356. The van der Waals surface area contributed by atoms with Crippen LogP contribution < -0.4 is 0 Å². The van der Waals surface area contributed by atoms with E-state index in [0.29, 0.717) is 15.1 Å². The molecule has 0 saturated heterocycles. The quantitative estimate of drug-likeness (QED) is 0.897. The Hall–Kier alpha value is -1.07.